The third-order valence-electron chi connectivity index (χ3n) is 3.00. The van der Waals surface area contributed by atoms with Crippen LogP contribution in [0.3, 0.4) is 0 Å². The number of thioether (sulfide) groups is 1. The van der Waals surface area contributed by atoms with Gasteiger partial charge in [-0.15, -0.1) is 0 Å². The van der Waals surface area contributed by atoms with E-state index in [-0.39, 0.29) is 4.90 Å². The lowest BCUT2D eigenvalue weighted by Crippen LogP contribution is -2.41. The minimum absolute atomic E-state index is 0.165. The van der Waals surface area contributed by atoms with E-state index < -0.39 is 10.0 Å². The van der Waals surface area contributed by atoms with Crippen LogP contribution in [0.2, 0.25) is 0 Å². The van der Waals surface area contributed by atoms with E-state index in [4.69, 9.17) is 0 Å². The fourth-order valence-corrected chi connectivity index (χ4v) is 4.58. The van der Waals surface area contributed by atoms with Crippen molar-refractivity contribution >= 4 is 27.7 Å². The predicted octanol–water partition coefficient (Wildman–Crippen LogP) is 1.42. The van der Waals surface area contributed by atoms with Crippen molar-refractivity contribution < 1.29 is 8.42 Å². The molecule has 0 saturated carbocycles. The van der Waals surface area contributed by atoms with Crippen LogP contribution in [0, 0.1) is 0 Å². The van der Waals surface area contributed by atoms with Gasteiger partial charge in [0.25, 0.3) is 0 Å². The summed E-state index contributed by atoms with van der Waals surface area (Å²) in [5.74, 6) is 1.30. The minimum atomic E-state index is -3.46. The van der Waals surface area contributed by atoms with Gasteiger partial charge in [0.1, 0.15) is 4.90 Å². The summed E-state index contributed by atoms with van der Waals surface area (Å²) in [6.45, 7) is 5.95. The molecule has 0 amide bonds. The van der Waals surface area contributed by atoms with Crippen molar-refractivity contribution in [1.82, 2.24) is 14.3 Å². The Morgan fingerprint density at radius 3 is 2.75 bits per heavy atom. The first kappa shape index (κ1) is 15.5. The summed E-state index contributed by atoms with van der Waals surface area (Å²) in [5.41, 5.74) is 0. The zero-order chi connectivity index (χ0) is 14.6. The van der Waals surface area contributed by atoms with Crippen LogP contribution in [-0.4, -0.2) is 53.3 Å². The normalized spacial score (nSPS) is 20.8. The first-order valence-electron chi connectivity index (χ1n) is 6.71. The summed E-state index contributed by atoms with van der Waals surface area (Å²) in [5, 5.41) is 3.35. The van der Waals surface area contributed by atoms with Crippen molar-refractivity contribution in [3.05, 3.63) is 12.4 Å². The zero-order valence-electron chi connectivity index (χ0n) is 11.7. The number of hydrogen-bond donors (Lipinski definition) is 1. The van der Waals surface area contributed by atoms with Crippen molar-refractivity contribution in [2.24, 2.45) is 0 Å². The number of aromatic nitrogens is 2. The van der Waals surface area contributed by atoms with Crippen LogP contribution in [0.15, 0.2) is 17.3 Å². The molecule has 8 heteroatoms. The Kier molecular flexibility index (Phi) is 5.22. The summed E-state index contributed by atoms with van der Waals surface area (Å²) in [6.07, 6.45) is 3.73. The highest BCUT2D eigenvalue weighted by molar-refractivity contribution is 8.00. The number of rotatable bonds is 5. The third-order valence-corrected chi connectivity index (χ3v) is 5.96. The lowest BCUT2D eigenvalue weighted by Gasteiger charge is -2.29. The SMILES string of the molecule is CCCNc1ncc(S(=O)(=O)N2CCSC(C)C2)cn1. The minimum Gasteiger partial charge on any atom is -0.354 e. The molecule has 0 spiro atoms. The van der Waals surface area contributed by atoms with Gasteiger partial charge in [0.15, 0.2) is 0 Å². The van der Waals surface area contributed by atoms with E-state index in [9.17, 15) is 8.42 Å². The Bertz CT molecular complexity index is 533. The number of sulfonamides is 1. The van der Waals surface area contributed by atoms with Gasteiger partial charge in [0.2, 0.25) is 16.0 Å². The molecule has 20 heavy (non-hydrogen) atoms. The van der Waals surface area contributed by atoms with Crippen LogP contribution in [0.4, 0.5) is 5.95 Å². The third kappa shape index (κ3) is 3.62. The first-order chi connectivity index (χ1) is 9.54. The van der Waals surface area contributed by atoms with Crippen LogP contribution < -0.4 is 5.32 Å². The van der Waals surface area contributed by atoms with Gasteiger partial charge in [0, 0.05) is 30.6 Å². The maximum absolute atomic E-state index is 12.5. The highest BCUT2D eigenvalue weighted by atomic mass is 32.2. The van der Waals surface area contributed by atoms with E-state index in [0.717, 1.165) is 18.7 Å². The second-order valence-electron chi connectivity index (χ2n) is 4.71. The number of nitrogens with one attached hydrogen (secondary N) is 1. The molecule has 1 aliphatic heterocycles. The van der Waals surface area contributed by atoms with Gasteiger partial charge >= 0.3 is 0 Å². The molecule has 1 fully saturated rings. The van der Waals surface area contributed by atoms with E-state index in [1.165, 1.54) is 16.7 Å². The summed E-state index contributed by atoms with van der Waals surface area (Å²) < 4.78 is 26.5. The molecule has 6 nitrogen and oxygen atoms in total. The fourth-order valence-electron chi connectivity index (χ4n) is 1.93. The van der Waals surface area contributed by atoms with Gasteiger partial charge in [0.05, 0.1) is 12.4 Å². The molecule has 112 valence electrons. The molecule has 1 atom stereocenters. The Labute approximate surface area is 124 Å². The molecular weight excluding hydrogens is 296 g/mol. The Morgan fingerprint density at radius 1 is 1.45 bits per heavy atom. The van der Waals surface area contributed by atoms with Crippen LogP contribution in [0.1, 0.15) is 20.3 Å². The lowest BCUT2D eigenvalue weighted by molar-refractivity contribution is 0.424. The second-order valence-corrected chi connectivity index (χ2v) is 8.20. The van der Waals surface area contributed by atoms with Crippen molar-refractivity contribution in [1.29, 1.82) is 0 Å². The molecule has 0 aliphatic carbocycles. The quantitative estimate of drug-likeness (QED) is 0.885. The maximum Gasteiger partial charge on any atom is 0.246 e. The van der Waals surface area contributed by atoms with Crippen molar-refractivity contribution in [3.63, 3.8) is 0 Å². The molecule has 1 N–H and O–H groups in total. The van der Waals surface area contributed by atoms with Crippen molar-refractivity contribution in [3.8, 4) is 0 Å². The Hall–Kier alpha value is -0.860. The van der Waals surface area contributed by atoms with E-state index in [1.54, 1.807) is 11.8 Å². The lowest BCUT2D eigenvalue weighted by atomic mass is 10.4. The molecule has 1 unspecified atom stereocenters. The number of nitrogens with zero attached hydrogens (tertiary/aromatic N) is 3. The highest BCUT2D eigenvalue weighted by Gasteiger charge is 2.29. The van der Waals surface area contributed by atoms with E-state index in [1.807, 2.05) is 13.8 Å². The second kappa shape index (κ2) is 6.73. The highest BCUT2D eigenvalue weighted by Crippen LogP contribution is 2.23. The molecule has 2 rings (SSSR count). The van der Waals surface area contributed by atoms with Gasteiger partial charge in [-0.3, -0.25) is 0 Å². The molecule has 1 aromatic rings. The molecule has 2 heterocycles. The summed E-state index contributed by atoms with van der Waals surface area (Å²) in [6, 6.07) is 0. The topological polar surface area (TPSA) is 75.2 Å². The zero-order valence-corrected chi connectivity index (χ0v) is 13.4. The van der Waals surface area contributed by atoms with Gasteiger partial charge in [-0.05, 0) is 6.42 Å². The Balaban J connectivity index is 2.12. The maximum atomic E-state index is 12.5. The van der Waals surface area contributed by atoms with Gasteiger partial charge in [-0.2, -0.15) is 16.1 Å². The summed E-state index contributed by atoms with van der Waals surface area (Å²) >= 11 is 1.80. The molecule has 1 aliphatic rings. The van der Waals surface area contributed by atoms with Crippen molar-refractivity contribution in [2.75, 3.05) is 30.7 Å². The number of hydrogen-bond acceptors (Lipinski definition) is 6. The van der Waals surface area contributed by atoms with E-state index in [0.29, 0.717) is 24.3 Å². The molecule has 1 aromatic heterocycles. The standard InChI is InChI=1S/C12H20N4O2S2/c1-3-4-13-12-14-7-11(8-15-12)20(17,18)16-5-6-19-10(2)9-16/h7-8,10H,3-6,9H2,1-2H3,(H,13,14,15). The largest absolute Gasteiger partial charge is 0.354 e. The fraction of sp³-hybridized carbons (Fsp3) is 0.667. The molecule has 0 bridgehead atoms. The number of anilines is 1. The van der Waals surface area contributed by atoms with Crippen LogP contribution in [0.25, 0.3) is 0 Å². The van der Waals surface area contributed by atoms with Gasteiger partial charge < -0.3 is 5.32 Å². The van der Waals surface area contributed by atoms with Gasteiger partial charge in [-0.25, -0.2) is 18.4 Å². The first-order valence-corrected chi connectivity index (χ1v) is 9.20. The van der Waals surface area contributed by atoms with Gasteiger partial charge in [-0.1, -0.05) is 13.8 Å². The average Bonchev–Trinajstić information content (AvgIpc) is 2.45. The molecule has 1 saturated heterocycles. The van der Waals surface area contributed by atoms with Crippen LogP contribution >= 0.6 is 11.8 Å². The molecular formula is C12H20N4O2S2. The van der Waals surface area contributed by atoms with E-state index in [2.05, 4.69) is 15.3 Å². The predicted molar refractivity (Wildman–Crippen MR) is 81.5 cm³/mol. The monoisotopic (exact) mass is 316 g/mol. The summed E-state index contributed by atoms with van der Waals surface area (Å²) in [4.78, 5) is 8.29. The van der Waals surface area contributed by atoms with E-state index >= 15 is 0 Å². The van der Waals surface area contributed by atoms with Crippen molar-refractivity contribution in [2.45, 2.75) is 30.4 Å². The van der Waals surface area contributed by atoms with Crippen LogP contribution in [-0.2, 0) is 10.0 Å². The summed E-state index contributed by atoms with van der Waals surface area (Å²) in [7, 11) is -3.46. The smallest absolute Gasteiger partial charge is 0.246 e. The molecule has 0 aromatic carbocycles. The van der Waals surface area contributed by atoms with Crippen LogP contribution in [0.5, 0.6) is 0 Å². The Morgan fingerprint density at radius 2 is 2.15 bits per heavy atom. The molecule has 0 radical (unpaired) electrons. The average molecular weight is 316 g/mol.